The second-order valence-electron chi connectivity index (χ2n) is 6.37. The number of nitrogens with two attached hydrogens (primary N) is 1. The molecule has 0 saturated carbocycles. The Kier molecular flexibility index (Phi) is 5.78. The average molecular weight is 424 g/mol. The van der Waals surface area contributed by atoms with Gasteiger partial charge in [-0.3, -0.25) is 0 Å². The summed E-state index contributed by atoms with van der Waals surface area (Å²) in [6, 6.07) is 13.4. The van der Waals surface area contributed by atoms with Crippen molar-refractivity contribution in [2.24, 2.45) is 5.73 Å². The molecule has 1 heterocycles. The first-order valence-electron chi connectivity index (χ1n) is 8.66. The molecule has 0 aliphatic carbocycles. The summed E-state index contributed by atoms with van der Waals surface area (Å²) in [5, 5.41) is 3.70. The van der Waals surface area contributed by atoms with Crippen LogP contribution in [0.3, 0.4) is 0 Å². The lowest BCUT2D eigenvalue weighted by Crippen LogP contribution is -2.29. The number of halogens is 3. The standard InChI is InChI=1S/C19H19F3N4O2S/c1-13-2-4-14(5-3-13)17-12-18(19(20,21)22)25-26(17)15-6-8-16(9-7-15)29(27,28)24-11-10-23/h2-9,12,24H,10-11,23H2,1H3. The maximum Gasteiger partial charge on any atom is 0.435 e. The van der Waals surface area contributed by atoms with Gasteiger partial charge in [0.15, 0.2) is 5.69 Å². The van der Waals surface area contributed by atoms with Crippen LogP contribution in [-0.4, -0.2) is 31.3 Å². The number of sulfonamides is 1. The van der Waals surface area contributed by atoms with E-state index in [2.05, 4.69) is 9.82 Å². The fourth-order valence-electron chi connectivity index (χ4n) is 2.69. The minimum atomic E-state index is -4.61. The molecule has 3 rings (SSSR count). The molecule has 6 nitrogen and oxygen atoms in total. The van der Waals surface area contributed by atoms with Crippen LogP contribution in [0.4, 0.5) is 13.2 Å². The first-order valence-corrected chi connectivity index (χ1v) is 10.1. The lowest BCUT2D eigenvalue weighted by Gasteiger charge is -2.10. The monoisotopic (exact) mass is 424 g/mol. The number of hydrogen-bond donors (Lipinski definition) is 2. The summed E-state index contributed by atoms with van der Waals surface area (Å²) < 4.78 is 67.5. The summed E-state index contributed by atoms with van der Waals surface area (Å²) in [6.07, 6.45) is -4.61. The number of hydrogen-bond acceptors (Lipinski definition) is 4. The highest BCUT2D eigenvalue weighted by Gasteiger charge is 2.35. The molecular formula is C19H19F3N4O2S. The summed E-state index contributed by atoms with van der Waals surface area (Å²) in [4.78, 5) is -0.0187. The molecule has 3 N–H and O–H groups in total. The SMILES string of the molecule is Cc1ccc(-c2cc(C(F)(F)F)nn2-c2ccc(S(=O)(=O)NCCN)cc2)cc1. The van der Waals surface area contributed by atoms with Gasteiger partial charge in [0.05, 0.1) is 16.3 Å². The topological polar surface area (TPSA) is 90.0 Å². The molecule has 0 spiro atoms. The number of aromatic nitrogens is 2. The van der Waals surface area contributed by atoms with Gasteiger partial charge in [-0.2, -0.15) is 18.3 Å². The van der Waals surface area contributed by atoms with Gasteiger partial charge in [0.1, 0.15) is 0 Å². The average Bonchev–Trinajstić information content (AvgIpc) is 3.13. The Bertz CT molecular complexity index is 1090. The van der Waals surface area contributed by atoms with Crippen molar-refractivity contribution in [3.8, 4) is 16.9 Å². The third-order valence-corrected chi connectivity index (χ3v) is 5.65. The van der Waals surface area contributed by atoms with E-state index in [-0.39, 0.29) is 23.7 Å². The lowest BCUT2D eigenvalue weighted by molar-refractivity contribution is -0.141. The van der Waals surface area contributed by atoms with Crippen molar-refractivity contribution in [2.75, 3.05) is 13.1 Å². The molecule has 154 valence electrons. The van der Waals surface area contributed by atoms with Crippen LogP contribution in [0.25, 0.3) is 16.9 Å². The van der Waals surface area contributed by atoms with Gasteiger partial charge in [-0.15, -0.1) is 0 Å². The number of alkyl halides is 3. The minimum Gasteiger partial charge on any atom is -0.329 e. The maximum atomic E-state index is 13.2. The van der Waals surface area contributed by atoms with Crippen LogP contribution < -0.4 is 10.5 Å². The van der Waals surface area contributed by atoms with Gasteiger partial charge in [0.2, 0.25) is 10.0 Å². The molecule has 1 aromatic heterocycles. The van der Waals surface area contributed by atoms with E-state index in [9.17, 15) is 21.6 Å². The van der Waals surface area contributed by atoms with E-state index in [1.165, 1.54) is 24.3 Å². The van der Waals surface area contributed by atoms with Crippen molar-refractivity contribution in [3.05, 3.63) is 65.9 Å². The van der Waals surface area contributed by atoms with Crippen molar-refractivity contribution < 1.29 is 21.6 Å². The largest absolute Gasteiger partial charge is 0.435 e. The molecule has 0 aliphatic rings. The fraction of sp³-hybridized carbons (Fsp3) is 0.211. The van der Waals surface area contributed by atoms with Crippen LogP contribution in [0.1, 0.15) is 11.3 Å². The first kappa shape index (κ1) is 21.0. The van der Waals surface area contributed by atoms with E-state index in [1.807, 2.05) is 6.92 Å². The molecule has 0 radical (unpaired) electrons. The molecule has 10 heteroatoms. The quantitative estimate of drug-likeness (QED) is 0.636. The van der Waals surface area contributed by atoms with Crippen LogP contribution in [-0.2, 0) is 16.2 Å². The van der Waals surface area contributed by atoms with Gasteiger partial charge in [-0.05, 0) is 37.3 Å². The third-order valence-electron chi connectivity index (χ3n) is 4.18. The van der Waals surface area contributed by atoms with Gasteiger partial charge in [-0.1, -0.05) is 29.8 Å². The Hall–Kier alpha value is -2.69. The highest BCUT2D eigenvalue weighted by Crippen LogP contribution is 2.33. The summed E-state index contributed by atoms with van der Waals surface area (Å²) in [6.45, 7) is 2.10. The smallest absolute Gasteiger partial charge is 0.329 e. The molecule has 3 aromatic rings. The number of nitrogens with zero attached hydrogens (tertiary/aromatic N) is 2. The Labute approximate surface area is 166 Å². The van der Waals surface area contributed by atoms with E-state index >= 15 is 0 Å². The molecule has 0 bridgehead atoms. The molecular weight excluding hydrogens is 405 g/mol. The van der Waals surface area contributed by atoms with Crippen molar-refractivity contribution in [1.82, 2.24) is 14.5 Å². The van der Waals surface area contributed by atoms with Crippen LogP contribution in [0.2, 0.25) is 0 Å². The van der Waals surface area contributed by atoms with Crippen molar-refractivity contribution in [2.45, 2.75) is 18.0 Å². The predicted octanol–water partition coefficient (Wildman–Crippen LogP) is 3.10. The predicted molar refractivity (Wildman–Crippen MR) is 103 cm³/mol. The third kappa shape index (κ3) is 4.66. The Morgan fingerprint density at radius 2 is 1.69 bits per heavy atom. The zero-order valence-corrected chi connectivity index (χ0v) is 16.3. The number of nitrogens with one attached hydrogen (secondary N) is 1. The zero-order valence-electron chi connectivity index (χ0n) is 15.4. The molecule has 2 aromatic carbocycles. The van der Waals surface area contributed by atoms with Crippen LogP contribution >= 0.6 is 0 Å². The number of aryl methyl sites for hydroxylation is 1. The number of rotatable bonds is 6. The summed E-state index contributed by atoms with van der Waals surface area (Å²) in [5.74, 6) is 0. The Morgan fingerprint density at radius 1 is 1.07 bits per heavy atom. The van der Waals surface area contributed by atoms with Crippen molar-refractivity contribution >= 4 is 10.0 Å². The highest BCUT2D eigenvalue weighted by molar-refractivity contribution is 7.89. The van der Waals surface area contributed by atoms with Crippen LogP contribution in [0.5, 0.6) is 0 Å². The number of benzene rings is 2. The maximum absolute atomic E-state index is 13.2. The molecule has 0 atom stereocenters. The van der Waals surface area contributed by atoms with E-state index in [0.29, 0.717) is 11.3 Å². The molecule has 0 amide bonds. The Balaban J connectivity index is 2.05. The molecule has 29 heavy (non-hydrogen) atoms. The van der Waals surface area contributed by atoms with Crippen LogP contribution in [0.15, 0.2) is 59.5 Å². The van der Waals surface area contributed by atoms with E-state index in [4.69, 9.17) is 5.73 Å². The van der Waals surface area contributed by atoms with Crippen molar-refractivity contribution in [3.63, 3.8) is 0 Å². The van der Waals surface area contributed by atoms with Crippen LogP contribution in [0, 0.1) is 6.92 Å². The van der Waals surface area contributed by atoms with E-state index in [1.54, 1.807) is 24.3 Å². The molecule has 0 saturated heterocycles. The summed E-state index contributed by atoms with van der Waals surface area (Å²) >= 11 is 0. The minimum absolute atomic E-state index is 0.0187. The Morgan fingerprint density at radius 3 is 2.24 bits per heavy atom. The second kappa shape index (κ2) is 7.97. The van der Waals surface area contributed by atoms with Gasteiger partial charge in [-0.25, -0.2) is 17.8 Å². The normalized spacial score (nSPS) is 12.3. The van der Waals surface area contributed by atoms with Gasteiger partial charge >= 0.3 is 6.18 Å². The molecule has 0 unspecified atom stereocenters. The summed E-state index contributed by atoms with van der Waals surface area (Å²) in [5.41, 5.74) is 6.34. The van der Waals surface area contributed by atoms with Crippen molar-refractivity contribution in [1.29, 1.82) is 0 Å². The first-order chi connectivity index (χ1) is 13.6. The highest BCUT2D eigenvalue weighted by atomic mass is 32.2. The van der Waals surface area contributed by atoms with Gasteiger partial charge in [0.25, 0.3) is 0 Å². The van der Waals surface area contributed by atoms with Gasteiger partial charge < -0.3 is 5.73 Å². The zero-order chi connectivity index (χ0) is 21.2. The second-order valence-corrected chi connectivity index (χ2v) is 8.14. The summed E-state index contributed by atoms with van der Waals surface area (Å²) in [7, 11) is -3.75. The van der Waals surface area contributed by atoms with E-state index in [0.717, 1.165) is 16.3 Å². The molecule has 0 fully saturated rings. The lowest BCUT2D eigenvalue weighted by atomic mass is 10.1. The molecule has 0 aliphatic heterocycles. The van der Waals surface area contributed by atoms with E-state index < -0.39 is 21.9 Å². The fourth-order valence-corrected chi connectivity index (χ4v) is 3.74. The van der Waals surface area contributed by atoms with Gasteiger partial charge in [0, 0.05) is 18.7 Å².